The summed E-state index contributed by atoms with van der Waals surface area (Å²) in [6, 6.07) is 12.4. The van der Waals surface area contributed by atoms with Crippen molar-refractivity contribution in [3.63, 3.8) is 0 Å². The fourth-order valence-electron chi connectivity index (χ4n) is 2.56. The number of benzene rings is 1. The lowest BCUT2D eigenvalue weighted by Gasteiger charge is -2.17. The Hall–Kier alpha value is -2.21. The number of hydrogen-bond donors (Lipinski definition) is 2. The zero-order chi connectivity index (χ0) is 17.6. The molecule has 130 valence electrons. The molecule has 0 bridgehead atoms. The maximum Gasteiger partial charge on any atom is 0.279 e. The molecule has 1 amide bonds. The number of carbonyl (C=O) groups is 1. The van der Waals surface area contributed by atoms with Crippen LogP contribution in [0.4, 0.5) is 5.69 Å². The normalized spacial score (nSPS) is 11.0. The molecular formula is C18H17Cl2N2O3+. The molecule has 0 spiro atoms. The summed E-state index contributed by atoms with van der Waals surface area (Å²) in [5.74, 6) is 1.46. The monoisotopic (exact) mass is 379 g/mol. The molecule has 0 fully saturated rings. The topological polar surface area (TPSA) is 59.8 Å². The predicted molar refractivity (Wildman–Crippen MR) is 95.7 cm³/mol. The Morgan fingerprint density at radius 3 is 2.00 bits per heavy atom. The van der Waals surface area contributed by atoms with Gasteiger partial charge >= 0.3 is 0 Å². The van der Waals surface area contributed by atoms with E-state index in [1.807, 2.05) is 24.3 Å². The van der Waals surface area contributed by atoms with E-state index in [4.69, 9.17) is 32.0 Å². The van der Waals surface area contributed by atoms with Crippen molar-refractivity contribution in [3.8, 4) is 0 Å². The SMILES string of the molecule is O=C(C[NH+](Cc1ccco1)Cc1ccco1)Nc1cc(Cl)cc(Cl)c1. The smallest absolute Gasteiger partial charge is 0.279 e. The first-order chi connectivity index (χ1) is 12.1. The zero-order valence-corrected chi connectivity index (χ0v) is 14.8. The van der Waals surface area contributed by atoms with Crippen LogP contribution in [0.15, 0.2) is 63.8 Å². The summed E-state index contributed by atoms with van der Waals surface area (Å²) in [6.07, 6.45) is 3.24. The molecule has 5 nitrogen and oxygen atoms in total. The van der Waals surface area contributed by atoms with Crippen molar-refractivity contribution in [3.05, 3.63) is 76.6 Å². The Balaban J connectivity index is 1.66. The van der Waals surface area contributed by atoms with Crippen molar-refractivity contribution in [2.45, 2.75) is 13.1 Å². The number of rotatable bonds is 7. The lowest BCUT2D eigenvalue weighted by molar-refractivity contribution is -0.921. The molecule has 0 atom stereocenters. The van der Waals surface area contributed by atoms with Gasteiger partial charge in [-0.15, -0.1) is 0 Å². The molecule has 3 aromatic rings. The van der Waals surface area contributed by atoms with E-state index in [0.29, 0.717) is 28.8 Å². The average molecular weight is 380 g/mol. The van der Waals surface area contributed by atoms with Gasteiger partial charge in [-0.3, -0.25) is 4.79 Å². The fraction of sp³-hybridized carbons (Fsp3) is 0.167. The molecule has 25 heavy (non-hydrogen) atoms. The number of quaternary nitrogens is 1. The van der Waals surface area contributed by atoms with E-state index in [0.717, 1.165) is 16.4 Å². The van der Waals surface area contributed by atoms with Gasteiger partial charge in [0, 0.05) is 15.7 Å². The molecule has 0 unspecified atom stereocenters. The molecule has 3 rings (SSSR count). The fourth-order valence-corrected chi connectivity index (χ4v) is 3.09. The molecule has 1 aromatic carbocycles. The van der Waals surface area contributed by atoms with E-state index in [9.17, 15) is 4.79 Å². The van der Waals surface area contributed by atoms with Gasteiger partial charge in [-0.2, -0.15) is 0 Å². The van der Waals surface area contributed by atoms with Crippen molar-refractivity contribution in [2.24, 2.45) is 0 Å². The van der Waals surface area contributed by atoms with Crippen molar-refractivity contribution in [1.29, 1.82) is 0 Å². The third-order valence-corrected chi connectivity index (χ3v) is 4.00. The molecule has 2 heterocycles. The van der Waals surface area contributed by atoms with Crippen molar-refractivity contribution in [1.82, 2.24) is 0 Å². The highest BCUT2D eigenvalue weighted by atomic mass is 35.5. The van der Waals surface area contributed by atoms with Crippen molar-refractivity contribution < 1.29 is 18.5 Å². The first-order valence-electron chi connectivity index (χ1n) is 7.73. The second kappa shape index (κ2) is 8.25. The highest BCUT2D eigenvalue weighted by molar-refractivity contribution is 6.35. The second-order valence-corrected chi connectivity index (χ2v) is 6.52. The predicted octanol–water partition coefficient (Wildman–Crippen LogP) is 3.40. The zero-order valence-electron chi connectivity index (χ0n) is 13.3. The van der Waals surface area contributed by atoms with E-state index >= 15 is 0 Å². The average Bonchev–Trinajstić information content (AvgIpc) is 3.19. The first kappa shape index (κ1) is 17.6. The number of amides is 1. The minimum Gasteiger partial charge on any atom is -0.463 e. The quantitative estimate of drug-likeness (QED) is 0.661. The highest BCUT2D eigenvalue weighted by Gasteiger charge is 2.18. The van der Waals surface area contributed by atoms with Gasteiger partial charge in [-0.1, -0.05) is 23.2 Å². The summed E-state index contributed by atoms with van der Waals surface area (Å²) in [7, 11) is 0. The third-order valence-electron chi connectivity index (χ3n) is 3.57. The summed E-state index contributed by atoms with van der Waals surface area (Å²) in [4.78, 5) is 13.4. The summed E-state index contributed by atoms with van der Waals surface area (Å²) in [5.41, 5.74) is 0.567. The van der Waals surface area contributed by atoms with Gasteiger partial charge in [0.2, 0.25) is 0 Å². The van der Waals surface area contributed by atoms with Gasteiger partial charge < -0.3 is 19.1 Å². The van der Waals surface area contributed by atoms with Gasteiger partial charge in [0.05, 0.1) is 12.5 Å². The van der Waals surface area contributed by atoms with Gasteiger partial charge in [-0.05, 0) is 42.5 Å². The van der Waals surface area contributed by atoms with Crippen LogP contribution in [-0.4, -0.2) is 12.5 Å². The summed E-state index contributed by atoms with van der Waals surface area (Å²) in [5, 5.41) is 3.76. The number of nitrogens with one attached hydrogen (secondary N) is 2. The number of carbonyl (C=O) groups excluding carboxylic acids is 1. The van der Waals surface area contributed by atoms with Crippen LogP contribution >= 0.6 is 23.2 Å². The minimum absolute atomic E-state index is 0.147. The minimum atomic E-state index is -0.147. The van der Waals surface area contributed by atoms with Gasteiger partial charge in [0.25, 0.3) is 5.91 Å². The van der Waals surface area contributed by atoms with Crippen molar-refractivity contribution in [2.75, 3.05) is 11.9 Å². The van der Waals surface area contributed by atoms with E-state index in [-0.39, 0.29) is 12.5 Å². The van der Waals surface area contributed by atoms with Crippen LogP contribution in [-0.2, 0) is 17.9 Å². The molecule has 0 saturated carbocycles. The first-order valence-corrected chi connectivity index (χ1v) is 8.48. The Morgan fingerprint density at radius 2 is 1.52 bits per heavy atom. The number of furan rings is 2. The van der Waals surface area contributed by atoms with E-state index in [2.05, 4.69) is 5.32 Å². The lowest BCUT2D eigenvalue weighted by Crippen LogP contribution is -3.10. The molecular weight excluding hydrogens is 363 g/mol. The largest absolute Gasteiger partial charge is 0.463 e. The number of anilines is 1. The van der Waals surface area contributed by atoms with Crippen LogP contribution in [0.5, 0.6) is 0 Å². The Morgan fingerprint density at radius 1 is 0.960 bits per heavy atom. The Labute approximate surface area is 155 Å². The summed E-state index contributed by atoms with van der Waals surface area (Å²) < 4.78 is 10.8. The molecule has 0 radical (unpaired) electrons. The van der Waals surface area contributed by atoms with E-state index < -0.39 is 0 Å². The molecule has 0 saturated heterocycles. The van der Waals surface area contributed by atoms with Crippen LogP contribution in [0.25, 0.3) is 0 Å². The molecule has 0 aliphatic carbocycles. The third kappa shape index (κ3) is 5.39. The number of hydrogen-bond acceptors (Lipinski definition) is 3. The van der Waals surface area contributed by atoms with Crippen LogP contribution in [0.1, 0.15) is 11.5 Å². The van der Waals surface area contributed by atoms with E-state index in [1.165, 1.54) is 0 Å². The van der Waals surface area contributed by atoms with Crippen LogP contribution in [0.2, 0.25) is 10.0 Å². The van der Waals surface area contributed by atoms with Crippen LogP contribution < -0.4 is 10.2 Å². The highest BCUT2D eigenvalue weighted by Crippen LogP contribution is 2.22. The summed E-state index contributed by atoms with van der Waals surface area (Å²) in [6.45, 7) is 1.38. The van der Waals surface area contributed by atoms with Crippen LogP contribution in [0.3, 0.4) is 0 Å². The molecule has 7 heteroatoms. The molecule has 0 aliphatic heterocycles. The molecule has 2 aromatic heterocycles. The Kier molecular flexibility index (Phi) is 5.81. The number of halogens is 2. The van der Waals surface area contributed by atoms with Gasteiger partial charge in [-0.25, -0.2) is 0 Å². The lowest BCUT2D eigenvalue weighted by atomic mass is 10.3. The summed E-state index contributed by atoms with van der Waals surface area (Å²) >= 11 is 11.9. The maximum absolute atomic E-state index is 12.4. The second-order valence-electron chi connectivity index (χ2n) is 5.65. The van der Waals surface area contributed by atoms with E-state index in [1.54, 1.807) is 30.7 Å². The maximum atomic E-state index is 12.4. The van der Waals surface area contributed by atoms with Gasteiger partial charge in [0.1, 0.15) is 13.1 Å². The van der Waals surface area contributed by atoms with Crippen LogP contribution in [0, 0.1) is 0 Å². The molecule has 2 N–H and O–H groups in total. The Bertz CT molecular complexity index is 760. The standard InChI is InChI=1S/C18H16Cl2N2O3/c19-13-7-14(20)9-15(8-13)21-18(23)12-22(10-16-3-1-5-24-16)11-17-4-2-6-25-17/h1-9H,10-12H2,(H,21,23)/p+1. The van der Waals surface area contributed by atoms with Crippen molar-refractivity contribution >= 4 is 34.8 Å². The molecule has 0 aliphatic rings. The van der Waals surface area contributed by atoms with Gasteiger partial charge in [0.15, 0.2) is 18.1 Å².